The van der Waals surface area contributed by atoms with Gasteiger partial charge in [0.2, 0.25) is 0 Å². The fourth-order valence-electron chi connectivity index (χ4n) is 7.69. The van der Waals surface area contributed by atoms with Crippen molar-refractivity contribution in [1.29, 1.82) is 0 Å². The Bertz CT molecular complexity index is 1700. The molecule has 0 amide bonds. The van der Waals surface area contributed by atoms with Gasteiger partial charge < -0.3 is 14.9 Å². The van der Waals surface area contributed by atoms with Crippen LogP contribution >= 0.6 is 0 Å². The molecular weight excluding hydrogens is 683 g/mol. The second-order valence-electron chi connectivity index (χ2n) is 12.5. The van der Waals surface area contributed by atoms with Gasteiger partial charge in [-0.2, -0.15) is 12.1 Å². The van der Waals surface area contributed by atoms with E-state index >= 15 is 0 Å². The maximum Gasteiger partial charge on any atom is 4.00 e. The number of fused-ring (bicyclic) bond motifs is 2. The van der Waals surface area contributed by atoms with Crippen molar-refractivity contribution in [3.05, 3.63) is 145 Å². The SMILES string of the molecule is Cc1cc(C)cc(-c2cccc3[cH-]c(C4(c5cc6c(-c7cc(C)cc(C)c7)cccc6[cH-]5)CCCCC4)cc23)c1.[CH3-].[CH3-].[Hf+4]. The molecule has 0 unspecified atom stereocenters. The fraction of sp³-hybridized carbons (Fsp3) is 0.238. The standard InChI is InChI=1S/C40H38.2CH3.Hf/c1-26-16-27(2)19-32(18-26)36-12-8-10-30-22-34(24-38(30)36)40(14-6-5-7-15-40)35-23-31-11-9-13-37(39(31)25-35)33-20-28(3)17-29(4)21-33;;;/h8-13,16-25H,5-7,14-15H2,1-4H3;2*1H3;/q-2;2*-1;+4. The summed E-state index contributed by atoms with van der Waals surface area (Å²) < 4.78 is 0. The van der Waals surface area contributed by atoms with Crippen LogP contribution in [-0.2, 0) is 31.3 Å². The smallest absolute Gasteiger partial charge is 0.358 e. The van der Waals surface area contributed by atoms with Crippen LogP contribution in [0.25, 0.3) is 43.8 Å². The van der Waals surface area contributed by atoms with Gasteiger partial charge in [-0.1, -0.05) is 101 Å². The van der Waals surface area contributed by atoms with E-state index in [1.165, 1.54) is 109 Å². The van der Waals surface area contributed by atoms with Crippen molar-refractivity contribution < 1.29 is 25.8 Å². The summed E-state index contributed by atoms with van der Waals surface area (Å²) >= 11 is 0. The van der Waals surface area contributed by atoms with Crippen LogP contribution in [0.15, 0.2) is 97.1 Å². The van der Waals surface area contributed by atoms with Gasteiger partial charge in [-0.15, -0.1) is 69.1 Å². The number of benzene rings is 4. The minimum atomic E-state index is 0. The molecular formula is C42H44Hf. The Labute approximate surface area is 278 Å². The number of hydrogen-bond donors (Lipinski definition) is 0. The third-order valence-electron chi connectivity index (χ3n) is 9.38. The van der Waals surface area contributed by atoms with Crippen molar-refractivity contribution in [2.45, 2.75) is 65.2 Å². The molecule has 216 valence electrons. The third-order valence-corrected chi connectivity index (χ3v) is 9.38. The molecule has 0 heterocycles. The molecule has 0 saturated heterocycles. The molecule has 1 fully saturated rings. The minimum absolute atomic E-state index is 0. The van der Waals surface area contributed by atoms with Crippen LogP contribution < -0.4 is 0 Å². The molecule has 6 aromatic rings. The molecule has 1 saturated carbocycles. The van der Waals surface area contributed by atoms with Crippen molar-refractivity contribution in [3.63, 3.8) is 0 Å². The molecule has 7 rings (SSSR count). The molecule has 1 aliphatic carbocycles. The van der Waals surface area contributed by atoms with E-state index in [-0.39, 0.29) is 46.1 Å². The summed E-state index contributed by atoms with van der Waals surface area (Å²) in [4.78, 5) is 0. The van der Waals surface area contributed by atoms with Crippen molar-refractivity contribution in [2.24, 2.45) is 0 Å². The van der Waals surface area contributed by atoms with Gasteiger partial charge in [-0.25, -0.2) is 0 Å². The first-order chi connectivity index (χ1) is 19.4. The molecule has 6 aromatic carbocycles. The quantitative estimate of drug-likeness (QED) is 0.125. The number of hydrogen-bond acceptors (Lipinski definition) is 0. The molecule has 0 atom stereocenters. The average molecular weight is 727 g/mol. The van der Waals surface area contributed by atoms with Crippen LogP contribution in [0.3, 0.4) is 0 Å². The molecule has 0 N–H and O–H groups in total. The second-order valence-corrected chi connectivity index (χ2v) is 12.5. The zero-order valence-electron chi connectivity index (χ0n) is 26.8. The van der Waals surface area contributed by atoms with Crippen molar-refractivity contribution >= 4 is 21.5 Å². The third kappa shape index (κ3) is 5.91. The predicted molar refractivity (Wildman–Crippen MR) is 186 cm³/mol. The van der Waals surface area contributed by atoms with E-state index in [0.717, 1.165) is 0 Å². The van der Waals surface area contributed by atoms with Crippen LogP contribution in [0.4, 0.5) is 0 Å². The van der Waals surface area contributed by atoms with Crippen LogP contribution in [0.5, 0.6) is 0 Å². The molecule has 43 heavy (non-hydrogen) atoms. The van der Waals surface area contributed by atoms with Gasteiger partial charge in [0, 0.05) is 0 Å². The Hall–Kier alpha value is -3.03. The summed E-state index contributed by atoms with van der Waals surface area (Å²) in [6.45, 7) is 8.82. The van der Waals surface area contributed by atoms with Crippen LogP contribution in [-0.4, -0.2) is 0 Å². The first-order valence-electron chi connectivity index (χ1n) is 15.0. The molecule has 0 radical (unpaired) electrons. The van der Waals surface area contributed by atoms with E-state index in [9.17, 15) is 0 Å². The topological polar surface area (TPSA) is 0 Å². The maximum atomic E-state index is 2.54. The summed E-state index contributed by atoms with van der Waals surface area (Å²) in [6, 6.07) is 37.7. The first-order valence-corrected chi connectivity index (χ1v) is 15.0. The molecule has 0 aliphatic heterocycles. The Morgan fingerprint density at radius 2 is 0.907 bits per heavy atom. The summed E-state index contributed by atoms with van der Waals surface area (Å²) in [7, 11) is 0. The van der Waals surface area contributed by atoms with Crippen LogP contribution in [0, 0.1) is 42.5 Å². The van der Waals surface area contributed by atoms with Gasteiger partial charge in [0.05, 0.1) is 0 Å². The van der Waals surface area contributed by atoms with Crippen LogP contribution in [0.1, 0.15) is 65.5 Å². The van der Waals surface area contributed by atoms with E-state index in [0.29, 0.717) is 0 Å². The van der Waals surface area contributed by atoms with Crippen molar-refractivity contribution in [2.75, 3.05) is 0 Å². The molecule has 0 spiro atoms. The van der Waals surface area contributed by atoms with Gasteiger partial charge in [-0.05, 0) is 57.1 Å². The zero-order chi connectivity index (χ0) is 27.4. The van der Waals surface area contributed by atoms with Crippen molar-refractivity contribution in [3.8, 4) is 22.3 Å². The monoisotopic (exact) mass is 728 g/mol. The average Bonchev–Trinajstić information content (AvgIpc) is 3.57. The predicted octanol–water partition coefficient (Wildman–Crippen LogP) is 12.1. The molecule has 0 aromatic heterocycles. The van der Waals surface area contributed by atoms with Crippen LogP contribution in [0.2, 0.25) is 0 Å². The molecule has 0 nitrogen and oxygen atoms in total. The second kappa shape index (κ2) is 12.9. The van der Waals surface area contributed by atoms with Crippen molar-refractivity contribution in [1.82, 2.24) is 0 Å². The summed E-state index contributed by atoms with van der Waals surface area (Å²) in [5.41, 5.74) is 13.7. The van der Waals surface area contributed by atoms with E-state index in [4.69, 9.17) is 0 Å². The molecule has 0 bridgehead atoms. The molecule has 1 aliphatic rings. The van der Waals surface area contributed by atoms with Gasteiger partial charge >= 0.3 is 25.8 Å². The molecule has 1 heteroatoms. The number of aryl methyl sites for hydroxylation is 4. The summed E-state index contributed by atoms with van der Waals surface area (Å²) in [5, 5.41) is 5.51. The summed E-state index contributed by atoms with van der Waals surface area (Å²) in [5.74, 6) is 0. The largest absolute Gasteiger partial charge is 4.00 e. The van der Waals surface area contributed by atoms with Gasteiger partial charge in [0.15, 0.2) is 0 Å². The maximum absolute atomic E-state index is 2.54. The minimum Gasteiger partial charge on any atom is -0.358 e. The first kappa shape index (κ1) is 32.9. The van der Waals surface area contributed by atoms with E-state index in [1.54, 1.807) is 0 Å². The van der Waals surface area contributed by atoms with E-state index in [2.05, 4.69) is 125 Å². The normalized spacial score (nSPS) is 14.1. The Morgan fingerprint density at radius 3 is 1.30 bits per heavy atom. The fourth-order valence-corrected chi connectivity index (χ4v) is 7.69. The Kier molecular flexibility index (Phi) is 9.87. The van der Waals surface area contributed by atoms with Gasteiger partial charge in [0.25, 0.3) is 0 Å². The number of rotatable bonds is 4. The summed E-state index contributed by atoms with van der Waals surface area (Å²) in [6.07, 6.45) is 6.35. The van der Waals surface area contributed by atoms with E-state index < -0.39 is 0 Å². The Balaban J connectivity index is 0.00000141. The Morgan fingerprint density at radius 1 is 0.512 bits per heavy atom. The van der Waals surface area contributed by atoms with E-state index in [1.807, 2.05) is 0 Å². The zero-order valence-corrected chi connectivity index (χ0v) is 30.4. The van der Waals surface area contributed by atoms with Gasteiger partial charge in [-0.3, -0.25) is 0 Å². The van der Waals surface area contributed by atoms with Gasteiger partial charge in [0.1, 0.15) is 0 Å².